The van der Waals surface area contributed by atoms with Gasteiger partial charge in [0.05, 0.1) is 13.3 Å². The second kappa shape index (κ2) is 8.15. The van der Waals surface area contributed by atoms with E-state index in [0.717, 1.165) is 28.0 Å². The lowest BCUT2D eigenvalue weighted by molar-refractivity contribution is -0.123. The summed E-state index contributed by atoms with van der Waals surface area (Å²) in [5.41, 5.74) is 6.51. The molecule has 24 heavy (non-hydrogen) atoms. The van der Waals surface area contributed by atoms with Crippen molar-refractivity contribution in [1.29, 1.82) is 0 Å². The fourth-order valence-electron chi connectivity index (χ4n) is 2.27. The van der Waals surface area contributed by atoms with E-state index >= 15 is 0 Å². The fraction of sp³-hybridized carbons (Fsp3) is 0.263. The van der Waals surface area contributed by atoms with E-state index in [2.05, 4.69) is 16.6 Å². The summed E-state index contributed by atoms with van der Waals surface area (Å²) in [5.74, 6) is 1.09. The summed E-state index contributed by atoms with van der Waals surface area (Å²) in [6.07, 6.45) is 1.54. The number of amides is 1. The Morgan fingerprint density at radius 2 is 1.92 bits per heavy atom. The lowest BCUT2D eigenvalue weighted by Crippen LogP contribution is -2.24. The number of methoxy groups -OCH3 is 1. The lowest BCUT2D eigenvalue weighted by Gasteiger charge is -2.11. The summed E-state index contributed by atoms with van der Waals surface area (Å²) in [7, 11) is 1.59. The first-order chi connectivity index (χ1) is 11.5. The van der Waals surface area contributed by atoms with Gasteiger partial charge in [-0.3, -0.25) is 4.79 Å². The third-order valence-electron chi connectivity index (χ3n) is 3.65. The summed E-state index contributed by atoms with van der Waals surface area (Å²) >= 11 is 0. The fourth-order valence-corrected chi connectivity index (χ4v) is 2.27. The van der Waals surface area contributed by atoms with E-state index in [0.29, 0.717) is 5.75 Å². The van der Waals surface area contributed by atoms with Crippen molar-refractivity contribution in [2.24, 2.45) is 5.10 Å². The molecule has 1 N–H and O–H groups in total. The van der Waals surface area contributed by atoms with Gasteiger partial charge in [-0.25, -0.2) is 5.43 Å². The predicted molar refractivity (Wildman–Crippen MR) is 94.9 cm³/mol. The number of benzene rings is 2. The van der Waals surface area contributed by atoms with Gasteiger partial charge in [-0.05, 0) is 55.7 Å². The number of nitrogens with one attached hydrogen (secondary N) is 1. The summed E-state index contributed by atoms with van der Waals surface area (Å²) in [5, 5.41) is 3.94. The van der Waals surface area contributed by atoms with Crippen molar-refractivity contribution in [2.75, 3.05) is 13.7 Å². The zero-order chi connectivity index (χ0) is 17.5. The predicted octanol–water partition coefficient (Wildman–Crippen LogP) is 3.15. The number of hydrazone groups is 1. The quantitative estimate of drug-likeness (QED) is 0.655. The average Bonchev–Trinajstić information content (AvgIpc) is 2.57. The molecule has 0 unspecified atom stereocenters. The molecule has 0 saturated heterocycles. The Labute approximate surface area is 142 Å². The molecule has 0 aliphatic heterocycles. The highest BCUT2D eigenvalue weighted by Gasteiger charge is 2.07. The number of rotatable bonds is 6. The molecule has 0 aromatic heterocycles. The molecule has 2 aromatic rings. The number of ether oxygens (including phenoxy) is 2. The van der Waals surface area contributed by atoms with Crippen LogP contribution in [-0.2, 0) is 4.79 Å². The summed E-state index contributed by atoms with van der Waals surface area (Å²) in [6, 6.07) is 11.4. The minimum atomic E-state index is -0.320. The number of aryl methyl sites for hydroxylation is 2. The van der Waals surface area contributed by atoms with Gasteiger partial charge in [-0.2, -0.15) is 5.10 Å². The molecule has 1 amide bonds. The van der Waals surface area contributed by atoms with Crippen LogP contribution >= 0.6 is 0 Å². The summed E-state index contributed by atoms with van der Waals surface area (Å²) in [6.45, 7) is 5.90. The molecule has 0 bridgehead atoms. The second-order valence-corrected chi connectivity index (χ2v) is 5.53. The SMILES string of the molecule is COc1ccccc1/C=N/NC(=O)COc1cc(C)cc(C)c1C. The maximum Gasteiger partial charge on any atom is 0.277 e. The van der Waals surface area contributed by atoms with E-state index in [4.69, 9.17) is 9.47 Å². The zero-order valence-corrected chi connectivity index (χ0v) is 14.4. The van der Waals surface area contributed by atoms with Gasteiger partial charge in [-0.15, -0.1) is 0 Å². The molecular weight excluding hydrogens is 304 g/mol. The molecule has 5 heteroatoms. The van der Waals surface area contributed by atoms with Crippen molar-refractivity contribution in [3.8, 4) is 11.5 Å². The van der Waals surface area contributed by atoms with Crippen LogP contribution in [0.1, 0.15) is 22.3 Å². The highest BCUT2D eigenvalue weighted by Crippen LogP contribution is 2.23. The Balaban J connectivity index is 1.91. The molecule has 0 saturated carbocycles. The summed E-state index contributed by atoms with van der Waals surface area (Å²) in [4.78, 5) is 11.9. The Bertz CT molecular complexity index is 754. The van der Waals surface area contributed by atoms with E-state index in [-0.39, 0.29) is 12.5 Å². The summed E-state index contributed by atoms with van der Waals surface area (Å²) < 4.78 is 10.8. The van der Waals surface area contributed by atoms with Crippen molar-refractivity contribution < 1.29 is 14.3 Å². The van der Waals surface area contributed by atoms with Gasteiger partial charge in [0.15, 0.2) is 6.61 Å². The molecule has 2 aromatic carbocycles. The van der Waals surface area contributed by atoms with Crippen LogP contribution < -0.4 is 14.9 Å². The number of hydrogen-bond donors (Lipinski definition) is 1. The van der Waals surface area contributed by atoms with Crippen molar-refractivity contribution in [3.63, 3.8) is 0 Å². The van der Waals surface area contributed by atoms with Crippen LogP contribution in [-0.4, -0.2) is 25.8 Å². The maximum atomic E-state index is 11.9. The Kier molecular flexibility index (Phi) is 5.95. The molecule has 0 spiro atoms. The van der Waals surface area contributed by atoms with Crippen molar-refractivity contribution in [3.05, 3.63) is 58.7 Å². The number of carbonyl (C=O) groups excluding carboxylic acids is 1. The number of nitrogens with zero attached hydrogens (tertiary/aromatic N) is 1. The largest absolute Gasteiger partial charge is 0.496 e. The Morgan fingerprint density at radius 1 is 1.17 bits per heavy atom. The second-order valence-electron chi connectivity index (χ2n) is 5.53. The third kappa shape index (κ3) is 4.59. The molecular formula is C19H22N2O3. The average molecular weight is 326 g/mol. The van der Waals surface area contributed by atoms with Crippen LogP contribution in [0.4, 0.5) is 0 Å². The highest BCUT2D eigenvalue weighted by molar-refractivity contribution is 5.85. The number of para-hydroxylation sites is 1. The smallest absolute Gasteiger partial charge is 0.277 e. The van der Waals surface area contributed by atoms with Crippen LogP contribution in [0.15, 0.2) is 41.5 Å². The lowest BCUT2D eigenvalue weighted by atomic mass is 10.1. The van der Waals surface area contributed by atoms with Crippen LogP contribution in [0.5, 0.6) is 11.5 Å². The molecule has 0 heterocycles. The topological polar surface area (TPSA) is 59.9 Å². The van der Waals surface area contributed by atoms with Gasteiger partial charge < -0.3 is 9.47 Å². The van der Waals surface area contributed by atoms with Crippen LogP contribution in [0, 0.1) is 20.8 Å². The normalized spacial score (nSPS) is 10.7. The molecule has 0 atom stereocenters. The highest BCUT2D eigenvalue weighted by atomic mass is 16.5. The Morgan fingerprint density at radius 3 is 2.67 bits per heavy atom. The van der Waals surface area contributed by atoms with Crippen LogP contribution in [0.2, 0.25) is 0 Å². The molecule has 2 rings (SSSR count). The van der Waals surface area contributed by atoms with Crippen LogP contribution in [0.3, 0.4) is 0 Å². The third-order valence-corrected chi connectivity index (χ3v) is 3.65. The number of carbonyl (C=O) groups is 1. The van der Waals surface area contributed by atoms with E-state index in [9.17, 15) is 4.79 Å². The van der Waals surface area contributed by atoms with E-state index in [1.54, 1.807) is 13.3 Å². The van der Waals surface area contributed by atoms with E-state index in [1.165, 1.54) is 0 Å². The molecule has 0 fully saturated rings. The van der Waals surface area contributed by atoms with Crippen molar-refractivity contribution in [2.45, 2.75) is 20.8 Å². The Hall–Kier alpha value is -2.82. The van der Waals surface area contributed by atoms with Gasteiger partial charge in [0, 0.05) is 5.56 Å². The molecule has 0 radical (unpaired) electrons. The van der Waals surface area contributed by atoms with Gasteiger partial charge in [0.25, 0.3) is 5.91 Å². The standard InChI is InChI=1S/C19H22N2O3/c1-13-9-14(2)15(3)18(10-13)24-12-19(22)21-20-11-16-7-5-6-8-17(16)23-4/h5-11H,12H2,1-4H3,(H,21,22)/b20-11+. The van der Waals surface area contributed by atoms with E-state index in [1.807, 2.05) is 51.1 Å². The molecule has 126 valence electrons. The zero-order valence-electron chi connectivity index (χ0n) is 14.4. The number of hydrogen-bond acceptors (Lipinski definition) is 4. The van der Waals surface area contributed by atoms with Gasteiger partial charge in [0.2, 0.25) is 0 Å². The van der Waals surface area contributed by atoms with Gasteiger partial charge in [0.1, 0.15) is 11.5 Å². The first kappa shape index (κ1) is 17.5. The van der Waals surface area contributed by atoms with Gasteiger partial charge >= 0.3 is 0 Å². The maximum absolute atomic E-state index is 11.9. The van der Waals surface area contributed by atoms with Gasteiger partial charge in [-0.1, -0.05) is 18.2 Å². The first-order valence-corrected chi connectivity index (χ1v) is 7.67. The van der Waals surface area contributed by atoms with Crippen molar-refractivity contribution in [1.82, 2.24) is 5.43 Å². The minimum Gasteiger partial charge on any atom is -0.496 e. The van der Waals surface area contributed by atoms with E-state index < -0.39 is 0 Å². The van der Waals surface area contributed by atoms with Crippen molar-refractivity contribution >= 4 is 12.1 Å². The molecule has 0 aliphatic carbocycles. The van der Waals surface area contributed by atoms with Crippen LogP contribution in [0.25, 0.3) is 0 Å². The first-order valence-electron chi connectivity index (χ1n) is 7.67. The monoisotopic (exact) mass is 326 g/mol. The molecule has 5 nitrogen and oxygen atoms in total. The minimum absolute atomic E-state index is 0.0903. The molecule has 0 aliphatic rings.